The van der Waals surface area contributed by atoms with Gasteiger partial charge >= 0.3 is 0 Å². The molecule has 2 heteroatoms. The maximum Gasteiger partial charge on any atom is 0.119 e. The number of benzene rings is 2. The SMILES string of the molecule is CCOc1ccc(C(C)(N)c2cc(C)ccc2C)cc1. The average molecular weight is 269 g/mol. The quantitative estimate of drug-likeness (QED) is 0.913. The molecule has 0 spiro atoms. The summed E-state index contributed by atoms with van der Waals surface area (Å²) in [5.74, 6) is 0.882. The van der Waals surface area contributed by atoms with Crippen LogP contribution in [0.3, 0.4) is 0 Å². The lowest BCUT2D eigenvalue weighted by Crippen LogP contribution is -2.35. The van der Waals surface area contributed by atoms with Crippen LogP contribution in [0.5, 0.6) is 5.75 Å². The summed E-state index contributed by atoms with van der Waals surface area (Å²) in [6, 6.07) is 14.5. The van der Waals surface area contributed by atoms with Crippen LogP contribution in [-0.2, 0) is 5.54 Å². The van der Waals surface area contributed by atoms with Gasteiger partial charge < -0.3 is 10.5 Å². The second-order valence-corrected chi connectivity index (χ2v) is 5.48. The van der Waals surface area contributed by atoms with Gasteiger partial charge in [-0.3, -0.25) is 0 Å². The molecule has 0 saturated heterocycles. The molecule has 106 valence electrons. The van der Waals surface area contributed by atoms with Crippen LogP contribution >= 0.6 is 0 Å². The number of hydrogen-bond donors (Lipinski definition) is 1. The summed E-state index contributed by atoms with van der Waals surface area (Å²) in [6.45, 7) is 8.92. The Kier molecular flexibility index (Phi) is 4.15. The Hall–Kier alpha value is -1.80. The molecule has 2 rings (SSSR count). The monoisotopic (exact) mass is 269 g/mol. The topological polar surface area (TPSA) is 35.2 Å². The van der Waals surface area contributed by atoms with Crippen LogP contribution in [0.2, 0.25) is 0 Å². The molecule has 0 aliphatic rings. The fourth-order valence-electron chi connectivity index (χ4n) is 2.51. The van der Waals surface area contributed by atoms with Gasteiger partial charge in [0.05, 0.1) is 12.1 Å². The van der Waals surface area contributed by atoms with Crippen molar-refractivity contribution in [3.05, 3.63) is 64.7 Å². The molecule has 0 amide bonds. The van der Waals surface area contributed by atoms with Crippen molar-refractivity contribution in [3.63, 3.8) is 0 Å². The molecule has 0 aliphatic heterocycles. The van der Waals surface area contributed by atoms with E-state index in [1.165, 1.54) is 16.7 Å². The van der Waals surface area contributed by atoms with Crippen molar-refractivity contribution in [2.24, 2.45) is 5.73 Å². The third-order valence-corrected chi connectivity index (χ3v) is 3.72. The maximum absolute atomic E-state index is 6.61. The number of hydrogen-bond acceptors (Lipinski definition) is 2. The predicted octanol–water partition coefficient (Wildman–Crippen LogP) is 3.92. The molecule has 0 aromatic heterocycles. The van der Waals surface area contributed by atoms with Crippen molar-refractivity contribution in [2.45, 2.75) is 33.2 Å². The average Bonchev–Trinajstić information content (AvgIpc) is 2.42. The van der Waals surface area contributed by atoms with Gasteiger partial charge in [-0.05, 0) is 56.5 Å². The summed E-state index contributed by atoms with van der Waals surface area (Å²) in [5.41, 5.74) is 10.8. The Morgan fingerprint density at radius 3 is 2.30 bits per heavy atom. The zero-order valence-corrected chi connectivity index (χ0v) is 12.7. The summed E-state index contributed by atoms with van der Waals surface area (Å²) in [5, 5.41) is 0. The van der Waals surface area contributed by atoms with E-state index in [9.17, 15) is 0 Å². The van der Waals surface area contributed by atoms with E-state index in [1.807, 2.05) is 31.2 Å². The zero-order chi connectivity index (χ0) is 14.8. The Balaban J connectivity index is 2.40. The van der Waals surface area contributed by atoms with Crippen molar-refractivity contribution in [1.82, 2.24) is 0 Å². The second-order valence-electron chi connectivity index (χ2n) is 5.48. The summed E-state index contributed by atoms with van der Waals surface area (Å²) in [7, 11) is 0. The molecule has 0 fully saturated rings. The Labute approximate surface area is 121 Å². The molecule has 0 heterocycles. The van der Waals surface area contributed by atoms with Gasteiger partial charge in [-0.1, -0.05) is 35.9 Å². The van der Waals surface area contributed by atoms with Crippen molar-refractivity contribution < 1.29 is 4.74 Å². The van der Waals surface area contributed by atoms with E-state index in [4.69, 9.17) is 10.5 Å². The van der Waals surface area contributed by atoms with Gasteiger partial charge in [0, 0.05) is 0 Å². The summed E-state index contributed by atoms with van der Waals surface area (Å²) in [4.78, 5) is 0. The zero-order valence-electron chi connectivity index (χ0n) is 12.7. The number of ether oxygens (including phenoxy) is 1. The normalized spacial score (nSPS) is 13.8. The molecule has 2 N–H and O–H groups in total. The van der Waals surface area contributed by atoms with Crippen LogP contribution in [-0.4, -0.2) is 6.61 Å². The first kappa shape index (κ1) is 14.6. The van der Waals surface area contributed by atoms with Crippen LogP contribution in [0.1, 0.15) is 36.1 Å². The van der Waals surface area contributed by atoms with Gasteiger partial charge in [0.25, 0.3) is 0 Å². The lowest BCUT2D eigenvalue weighted by molar-refractivity contribution is 0.340. The minimum absolute atomic E-state index is 0.499. The van der Waals surface area contributed by atoms with Crippen molar-refractivity contribution >= 4 is 0 Å². The van der Waals surface area contributed by atoms with Gasteiger partial charge in [-0.25, -0.2) is 0 Å². The van der Waals surface area contributed by atoms with Gasteiger partial charge in [0.1, 0.15) is 5.75 Å². The number of aryl methyl sites for hydroxylation is 2. The molecular formula is C18H23NO. The molecule has 2 aromatic rings. The summed E-state index contributed by atoms with van der Waals surface area (Å²) < 4.78 is 5.48. The molecule has 1 atom stereocenters. The Morgan fingerprint density at radius 1 is 1.05 bits per heavy atom. The van der Waals surface area contributed by atoms with Crippen LogP contribution < -0.4 is 10.5 Å². The molecule has 2 nitrogen and oxygen atoms in total. The highest BCUT2D eigenvalue weighted by Gasteiger charge is 2.25. The molecule has 0 saturated carbocycles. The summed E-state index contributed by atoms with van der Waals surface area (Å²) in [6.07, 6.45) is 0. The van der Waals surface area contributed by atoms with Crippen LogP contribution in [0.15, 0.2) is 42.5 Å². The lowest BCUT2D eigenvalue weighted by Gasteiger charge is -2.28. The van der Waals surface area contributed by atoms with Gasteiger partial charge in [-0.15, -0.1) is 0 Å². The van der Waals surface area contributed by atoms with Crippen LogP contribution in [0.25, 0.3) is 0 Å². The van der Waals surface area contributed by atoms with E-state index >= 15 is 0 Å². The largest absolute Gasteiger partial charge is 0.494 e. The molecule has 0 bridgehead atoms. The van der Waals surface area contributed by atoms with Crippen molar-refractivity contribution in [3.8, 4) is 5.75 Å². The highest BCUT2D eigenvalue weighted by Crippen LogP contribution is 2.30. The van der Waals surface area contributed by atoms with Gasteiger partial charge in [0.2, 0.25) is 0 Å². The van der Waals surface area contributed by atoms with Gasteiger partial charge in [0.15, 0.2) is 0 Å². The van der Waals surface area contributed by atoms with Crippen molar-refractivity contribution in [2.75, 3.05) is 6.61 Å². The first-order valence-electron chi connectivity index (χ1n) is 7.05. The van der Waals surface area contributed by atoms with E-state index in [0.29, 0.717) is 6.61 Å². The highest BCUT2D eigenvalue weighted by molar-refractivity contribution is 5.44. The van der Waals surface area contributed by atoms with Crippen molar-refractivity contribution in [1.29, 1.82) is 0 Å². The molecular weight excluding hydrogens is 246 g/mol. The fraction of sp³-hybridized carbons (Fsp3) is 0.333. The maximum atomic E-state index is 6.61. The summed E-state index contributed by atoms with van der Waals surface area (Å²) >= 11 is 0. The molecule has 2 aromatic carbocycles. The molecule has 0 aliphatic carbocycles. The van der Waals surface area contributed by atoms with E-state index in [2.05, 4.69) is 39.0 Å². The fourth-order valence-corrected chi connectivity index (χ4v) is 2.51. The standard InChI is InChI=1S/C18H23NO/c1-5-20-16-10-8-15(9-11-16)18(4,19)17-12-13(2)6-7-14(17)3/h6-12H,5,19H2,1-4H3. The van der Waals surface area contributed by atoms with E-state index in [-0.39, 0.29) is 0 Å². The highest BCUT2D eigenvalue weighted by atomic mass is 16.5. The number of rotatable bonds is 4. The Morgan fingerprint density at radius 2 is 1.70 bits per heavy atom. The molecule has 0 radical (unpaired) electrons. The first-order chi connectivity index (χ1) is 9.45. The minimum Gasteiger partial charge on any atom is -0.494 e. The van der Waals surface area contributed by atoms with Crippen LogP contribution in [0, 0.1) is 13.8 Å². The third-order valence-electron chi connectivity index (χ3n) is 3.72. The van der Waals surface area contributed by atoms with Crippen LogP contribution in [0.4, 0.5) is 0 Å². The smallest absolute Gasteiger partial charge is 0.119 e. The Bertz CT molecular complexity index is 585. The molecule has 20 heavy (non-hydrogen) atoms. The third kappa shape index (κ3) is 2.86. The van der Waals surface area contributed by atoms with Gasteiger partial charge in [-0.2, -0.15) is 0 Å². The molecule has 1 unspecified atom stereocenters. The lowest BCUT2D eigenvalue weighted by atomic mass is 9.82. The van der Waals surface area contributed by atoms with E-state index in [1.54, 1.807) is 0 Å². The first-order valence-corrected chi connectivity index (χ1v) is 7.05. The predicted molar refractivity (Wildman–Crippen MR) is 84.2 cm³/mol. The van der Waals surface area contributed by atoms with E-state index < -0.39 is 5.54 Å². The minimum atomic E-state index is -0.499. The number of nitrogens with two attached hydrogens (primary N) is 1. The van der Waals surface area contributed by atoms with E-state index in [0.717, 1.165) is 11.3 Å². The second kappa shape index (κ2) is 5.68.